The van der Waals surface area contributed by atoms with Gasteiger partial charge in [0.05, 0.1) is 11.2 Å². The third-order valence-corrected chi connectivity index (χ3v) is 3.63. The minimum atomic E-state index is -0.941. The van der Waals surface area contributed by atoms with Crippen molar-refractivity contribution in [1.29, 1.82) is 0 Å². The Kier molecular flexibility index (Phi) is 4.30. The van der Waals surface area contributed by atoms with Crippen LogP contribution in [0.15, 0.2) is 10.9 Å². The SMILES string of the molecule is O=C(CCc1cscn1)NC(CC1CC1)C(=O)O. The van der Waals surface area contributed by atoms with Crippen molar-refractivity contribution in [2.45, 2.75) is 38.1 Å². The molecule has 1 saturated carbocycles. The lowest BCUT2D eigenvalue weighted by atomic mass is 10.1. The first-order valence-electron chi connectivity index (χ1n) is 6.04. The highest BCUT2D eigenvalue weighted by Gasteiger charge is 2.29. The Bertz CT molecular complexity index is 415. The van der Waals surface area contributed by atoms with E-state index < -0.39 is 12.0 Å². The molecule has 1 aromatic heterocycles. The van der Waals surface area contributed by atoms with Crippen molar-refractivity contribution in [2.24, 2.45) is 5.92 Å². The zero-order valence-electron chi connectivity index (χ0n) is 9.96. The van der Waals surface area contributed by atoms with Crippen LogP contribution in [0.1, 0.15) is 31.4 Å². The lowest BCUT2D eigenvalue weighted by molar-refractivity contribution is -0.142. The zero-order valence-corrected chi connectivity index (χ0v) is 10.8. The van der Waals surface area contributed by atoms with Gasteiger partial charge in [-0.2, -0.15) is 0 Å². The first kappa shape index (κ1) is 13.0. The molecule has 0 radical (unpaired) electrons. The first-order chi connectivity index (χ1) is 8.65. The van der Waals surface area contributed by atoms with E-state index in [2.05, 4.69) is 10.3 Å². The normalized spacial score (nSPS) is 16.2. The molecule has 0 spiro atoms. The Morgan fingerprint density at radius 1 is 1.56 bits per heavy atom. The highest BCUT2D eigenvalue weighted by molar-refractivity contribution is 7.07. The minimum absolute atomic E-state index is 0.212. The number of rotatable bonds is 7. The van der Waals surface area contributed by atoms with Gasteiger partial charge in [-0.1, -0.05) is 12.8 Å². The molecule has 18 heavy (non-hydrogen) atoms. The summed E-state index contributed by atoms with van der Waals surface area (Å²) in [5, 5.41) is 13.5. The van der Waals surface area contributed by atoms with Gasteiger partial charge in [0.15, 0.2) is 0 Å². The minimum Gasteiger partial charge on any atom is -0.480 e. The van der Waals surface area contributed by atoms with Crippen molar-refractivity contribution < 1.29 is 14.7 Å². The number of nitrogens with one attached hydrogen (secondary N) is 1. The highest BCUT2D eigenvalue weighted by atomic mass is 32.1. The molecule has 1 amide bonds. The van der Waals surface area contributed by atoms with Gasteiger partial charge in [0.1, 0.15) is 6.04 Å². The third kappa shape index (κ3) is 4.10. The summed E-state index contributed by atoms with van der Waals surface area (Å²) in [6.45, 7) is 0. The van der Waals surface area contributed by atoms with Crippen LogP contribution in [0.25, 0.3) is 0 Å². The van der Waals surface area contributed by atoms with Gasteiger partial charge in [0.2, 0.25) is 5.91 Å². The van der Waals surface area contributed by atoms with E-state index in [9.17, 15) is 9.59 Å². The fraction of sp³-hybridized carbons (Fsp3) is 0.583. The number of carbonyl (C=O) groups excluding carboxylic acids is 1. The summed E-state index contributed by atoms with van der Waals surface area (Å²) in [6, 6.07) is -0.736. The number of aryl methyl sites for hydroxylation is 1. The average molecular weight is 268 g/mol. The van der Waals surface area contributed by atoms with Crippen LogP contribution in [-0.4, -0.2) is 28.0 Å². The second kappa shape index (κ2) is 5.95. The summed E-state index contributed by atoms with van der Waals surface area (Å²) in [5.41, 5.74) is 2.60. The van der Waals surface area contributed by atoms with Gasteiger partial charge in [0, 0.05) is 11.8 Å². The molecule has 1 heterocycles. The molecular weight excluding hydrogens is 252 g/mol. The summed E-state index contributed by atoms with van der Waals surface area (Å²) in [6.07, 6.45) is 3.57. The smallest absolute Gasteiger partial charge is 0.326 e. The number of hydrogen-bond donors (Lipinski definition) is 2. The summed E-state index contributed by atoms with van der Waals surface area (Å²) in [5.74, 6) is -0.676. The number of carboxylic acid groups (broad SMARTS) is 1. The Hall–Kier alpha value is -1.43. The topological polar surface area (TPSA) is 79.3 Å². The van der Waals surface area contributed by atoms with Crippen LogP contribution in [0.3, 0.4) is 0 Å². The van der Waals surface area contributed by atoms with E-state index in [0.717, 1.165) is 18.5 Å². The van der Waals surface area contributed by atoms with E-state index in [1.165, 1.54) is 11.3 Å². The fourth-order valence-corrected chi connectivity index (χ4v) is 2.37. The molecule has 98 valence electrons. The van der Waals surface area contributed by atoms with Crippen molar-refractivity contribution in [3.05, 3.63) is 16.6 Å². The van der Waals surface area contributed by atoms with Crippen LogP contribution in [0, 0.1) is 5.92 Å². The van der Waals surface area contributed by atoms with Crippen LogP contribution in [-0.2, 0) is 16.0 Å². The number of hydrogen-bond acceptors (Lipinski definition) is 4. The Morgan fingerprint density at radius 2 is 2.33 bits per heavy atom. The number of nitrogens with zero attached hydrogens (tertiary/aromatic N) is 1. The van der Waals surface area contributed by atoms with Crippen LogP contribution in [0.2, 0.25) is 0 Å². The van der Waals surface area contributed by atoms with Crippen LogP contribution in [0.5, 0.6) is 0 Å². The van der Waals surface area contributed by atoms with Crippen molar-refractivity contribution >= 4 is 23.2 Å². The second-order valence-corrected chi connectivity index (χ2v) is 5.34. The number of carbonyl (C=O) groups is 2. The summed E-state index contributed by atoms with van der Waals surface area (Å²) >= 11 is 1.49. The van der Waals surface area contributed by atoms with E-state index in [4.69, 9.17) is 5.11 Å². The molecule has 5 nitrogen and oxygen atoms in total. The van der Waals surface area contributed by atoms with Gasteiger partial charge in [-0.05, 0) is 18.8 Å². The molecule has 1 aromatic rings. The van der Waals surface area contributed by atoms with Crippen molar-refractivity contribution in [3.63, 3.8) is 0 Å². The Morgan fingerprint density at radius 3 is 2.89 bits per heavy atom. The first-order valence-corrected chi connectivity index (χ1v) is 6.98. The molecule has 0 bridgehead atoms. The predicted molar refractivity (Wildman–Crippen MR) is 67.3 cm³/mol. The molecule has 2 rings (SSSR count). The zero-order chi connectivity index (χ0) is 13.0. The maximum absolute atomic E-state index is 11.7. The van der Waals surface area contributed by atoms with Crippen LogP contribution in [0.4, 0.5) is 0 Å². The summed E-state index contributed by atoms with van der Waals surface area (Å²) in [4.78, 5) is 26.7. The van der Waals surface area contributed by atoms with Crippen molar-refractivity contribution in [3.8, 4) is 0 Å². The largest absolute Gasteiger partial charge is 0.480 e. The van der Waals surface area contributed by atoms with Gasteiger partial charge in [-0.3, -0.25) is 4.79 Å². The van der Waals surface area contributed by atoms with Gasteiger partial charge < -0.3 is 10.4 Å². The van der Waals surface area contributed by atoms with E-state index in [-0.39, 0.29) is 12.3 Å². The Balaban J connectivity index is 1.75. The van der Waals surface area contributed by atoms with Gasteiger partial charge in [0.25, 0.3) is 0 Å². The van der Waals surface area contributed by atoms with Crippen LogP contribution >= 0.6 is 11.3 Å². The fourth-order valence-electron chi connectivity index (χ4n) is 1.78. The molecule has 0 saturated heterocycles. The van der Waals surface area contributed by atoms with E-state index in [0.29, 0.717) is 18.8 Å². The monoisotopic (exact) mass is 268 g/mol. The van der Waals surface area contributed by atoms with Gasteiger partial charge in [-0.25, -0.2) is 9.78 Å². The maximum atomic E-state index is 11.7. The number of aromatic nitrogens is 1. The summed E-state index contributed by atoms with van der Waals surface area (Å²) < 4.78 is 0. The molecule has 6 heteroatoms. The van der Waals surface area contributed by atoms with Crippen LogP contribution < -0.4 is 5.32 Å². The van der Waals surface area contributed by atoms with Gasteiger partial charge in [-0.15, -0.1) is 11.3 Å². The summed E-state index contributed by atoms with van der Waals surface area (Å²) in [7, 11) is 0. The average Bonchev–Trinajstić information content (AvgIpc) is 2.99. The maximum Gasteiger partial charge on any atom is 0.326 e. The molecule has 1 atom stereocenters. The van der Waals surface area contributed by atoms with Crippen molar-refractivity contribution in [1.82, 2.24) is 10.3 Å². The molecular formula is C12H16N2O3S. The van der Waals surface area contributed by atoms with Gasteiger partial charge >= 0.3 is 5.97 Å². The van der Waals surface area contributed by atoms with Crippen molar-refractivity contribution in [2.75, 3.05) is 0 Å². The van der Waals surface area contributed by atoms with E-state index >= 15 is 0 Å². The Labute approximate surface area is 109 Å². The lowest BCUT2D eigenvalue weighted by Gasteiger charge is -2.13. The molecule has 0 aliphatic heterocycles. The number of amides is 1. The molecule has 1 aliphatic rings. The number of carboxylic acids is 1. The molecule has 2 N–H and O–H groups in total. The molecule has 1 unspecified atom stereocenters. The second-order valence-electron chi connectivity index (χ2n) is 4.62. The molecule has 1 fully saturated rings. The van der Waals surface area contributed by atoms with E-state index in [1.54, 1.807) is 5.51 Å². The lowest BCUT2D eigenvalue weighted by Crippen LogP contribution is -2.41. The third-order valence-electron chi connectivity index (χ3n) is 2.99. The number of thiazole rings is 1. The quantitative estimate of drug-likeness (QED) is 0.784. The van der Waals surface area contributed by atoms with E-state index in [1.807, 2.05) is 5.38 Å². The standard InChI is InChI=1S/C12H16N2O3S/c15-11(4-3-9-6-18-7-13-9)14-10(12(16)17)5-8-1-2-8/h6-8,10H,1-5H2,(H,14,15)(H,16,17). The predicted octanol–water partition coefficient (Wildman–Crippen LogP) is 1.45. The highest BCUT2D eigenvalue weighted by Crippen LogP contribution is 2.33. The molecule has 0 aromatic carbocycles. The number of aliphatic carboxylic acids is 1. The molecule has 1 aliphatic carbocycles.